The fourth-order valence-corrected chi connectivity index (χ4v) is 5.08. The van der Waals surface area contributed by atoms with Gasteiger partial charge in [0.15, 0.2) is 12.4 Å². The van der Waals surface area contributed by atoms with Gasteiger partial charge in [-0.05, 0) is 57.9 Å². The average molecular weight is 533 g/mol. The second-order valence-corrected chi connectivity index (χ2v) is 11.2. The van der Waals surface area contributed by atoms with Crippen LogP contribution in [-0.4, -0.2) is 64.5 Å². The molecule has 3 aromatic heterocycles. The Hall–Kier alpha value is -3.92. The van der Waals surface area contributed by atoms with Crippen LogP contribution in [0.3, 0.4) is 0 Å². The van der Waals surface area contributed by atoms with E-state index in [0.717, 1.165) is 45.3 Å². The highest BCUT2D eigenvalue weighted by molar-refractivity contribution is 5.92. The minimum absolute atomic E-state index is 0.00722. The molecule has 206 valence electrons. The predicted octanol–water partition coefficient (Wildman–Crippen LogP) is 4.82. The van der Waals surface area contributed by atoms with Gasteiger partial charge in [-0.3, -0.25) is 4.68 Å². The Balaban J connectivity index is 1.41. The number of aryl methyl sites for hydroxylation is 2. The Labute approximate surface area is 228 Å². The van der Waals surface area contributed by atoms with Crippen molar-refractivity contribution in [3.8, 4) is 17.0 Å². The van der Waals surface area contributed by atoms with Crippen LogP contribution in [0, 0.1) is 12.8 Å². The van der Waals surface area contributed by atoms with Crippen molar-refractivity contribution in [1.29, 1.82) is 0 Å². The van der Waals surface area contributed by atoms with Gasteiger partial charge in [0.2, 0.25) is 0 Å². The number of nitrogens with zero attached hydrogens (tertiary/aromatic N) is 5. The third-order valence-electron chi connectivity index (χ3n) is 6.90. The summed E-state index contributed by atoms with van der Waals surface area (Å²) < 4.78 is 18.4. The lowest BCUT2D eigenvalue weighted by Gasteiger charge is -2.23. The number of carbonyl (C=O) groups is 1. The number of alkyl carbamates (subject to hydrolysis) is 1. The molecule has 1 aliphatic rings. The lowest BCUT2D eigenvalue weighted by atomic mass is 10.0. The highest BCUT2D eigenvalue weighted by Gasteiger charge is 2.32. The summed E-state index contributed by atoms with van der Waals surface area (Å²) in [5.74, 6) is 0.964. The van der Waals surface area contributed by atoms with Gasteiger partial charge in [0.1, 0.15) is 11.4 Å². The molecule has 1 N–H and O–H groups in total. The number of rotatable bonds is 6. The molecule has 0 aliphatic carbocycles. The fourth-order valence-electron chi connectivity index (χ4n) is 5.08. The molecule has 1 aromatic carbocycles. The third kappa shape index (κ3) is 5.61. The van der Waals surface area contributed by atoms with E-state index in [0.29, 0.717) is 17.9 Å². The van der Waals surface area contributed by atoms with E-state index in [2.05, 4.69) is 28.3 Å². The molecule has 1 amide bonds. The molecule has 0 bridgehead atoms. The topological polar surface area (TPSA) is 104 Å². The normalized spacial score (nSPS) is 17.7. The average Bonchev–Trinajstić information content (AvgIpc) is 3.43. The molecule has 10 heteroatoms. The molecule has 0 radical (unpaired) electrons. The van der Waals surface area contributed by atoms with Crippen LogP contribution in [0.2, 0.25) is 0 Å². The van der Waals surface area contributed by atoms with Gasteiger partial charge in [0.05, 0.1) is 29.1 Å². The second-order valence-electron chi connectivity index (χ2n) is 11.2. The number of aromatic nitrogens is 4. The van der Waals surface area contributed by atoms with Crippen LogP contribution in [0.5, 0.6) is 5.75 Å². The van der Waals surface area contributed by atoms with E-state index >= 15 is 0 Å². The van der Waals surface area contributed by atoms with Crippen LogP contribution in [0.4, 0.5) is 10.5 Å². The molecule has 0 saturated carbocycles. The molecule has 4 heterocycles. The van der Waals surface area contributed by atoms with Crippen LogP contribution in [0.1, 0.15) is 33.3 Å². The molecule has 1 aliphatic heterocycles. The molecule has 1 saturated heterocycles. The minimum atomic E-state index is -0.529. The second kappa shape index (κ2) is 10.3. The first-order chi connectivity index (χ1) is 18.5. The van der Waals surface area contributed by atoms with Crippen molar-refractivity contribution in [2.75, 3.05) is 31.9 Å². The van der Waals surface area contributed by atoms with E-state index in [1.54, 1.807) is 11.8 Å². The maximum Gasteiger partial charge on any atom is 0.407 e. The fraction of sp³-hybridized carbons (Fsp3) is 0.448. The minimum Gasteiger partial charge on any atom is -0.466 e. The van der Waals surface area contributed by atoms with Crippen molar-refractivity contribution in [3.63, 3.8) is 0 Å². The summed E-state index contributed by atoms with van der Waals surface area (Å²) >= 11 is 0. The summed E-state index contributed by atoms with van der Waals surface area (Å²) in [5.41, 5.74) is 4.56. The Morgan fingerprint density at radius 1 is 1.18 bits per heavy atom. The molecule has 0 unspecified atom stereocenters. The number of methoxy groups -OCH3 is 1. The number of nitrogens with one attached hydrogen (secondary N) is 1. The van der Waals surface area contributed by atoms with Crippen molar-refractivity contribution in [1.82, 2.24) is 25.1 Å². The van der Waals surface area contributed by atoms with Gasteiger partial charge in [0.25, 0.3) is 0 Å². The zero-order valence-corrected chi connectivity index (χ0v) is 23.6. The number of fused-ring (bicyclic) bond motifs is 2. The zero-order chi connectivity index (χ0) is 27.9. The number of carbonyl (C=O) groups excluding carboxylic acids is 1. The lowest BCUT2D eigenvalue weighted by Crippen LogP contribution is -2.42. The number of hydrogen-bond acceptors (Lipinski definition) is 8. The first kappa shape index (κ1) is 26.7. The molecule has 4 aromatic rings. The van der Waals surface area contributed by atoms with Crippen LogP contribution >= 0.6 is 0 Å². The first-order valence-electron chi connectivity index (χ1n) is 13.1. The molecule has 10 nitrogen and oxygen atoms in total. The monoisotopic (exact) mass is 532 g/mol. The van der Waals surface area contributed by atoms with Crippen molar-refractivity contribution >= 4 is 33.7 Å². The maximum atomic E-state index is 12.3. The van der Waals surface area contributed by atoms with Gasteiger partial charge in [-0.15, -0.1) is 0 Å². The van der Waals surface area contributed by atoms with Gasteiger partial charge in [-0.25, -0.2) is 14.8 Å². The first-order valence-corrected chi connectivity index (χ1v) is 13.1. The largest absolute Gasteiger partial charge is 0.466 e. The molecule has 2 atom stereocenters. The summed E-state index contributed by atoms with van der Waals surface area (Å²) in [6, 6.07) is 8.16. The van der Waals surface area contributed by atoms with Crippen LogP contribution < -0.4 is 15.0 Å². The van der Waals surface area contributed by atoms with Gasteiger partial charge in [0, 0.05) is 55.3 Å². The van der Waals surface area contributed by atoms with Gasteiger partial charge in [-0.2, -0.15) is 5.10 Å². The molecular formula is C29H36N6O4. The summed E-state index contributed by atoms with van der Waals surface area (Å²) in [6.07, 6.45) is 3.45. The molecule has 1 fully saturated rings. The molecule has 5 rings (SSSR count). The number of pyridine rings is 2. The highest BCUT2D eigenvalue weighted by atomic mass is 16.7. The van der Waals surface area contributed by atoms with E-state index in [1.165, 1.54) is 0 Å². The van der Waals surface area contributed by atoms with E-state index in [1.807, 2.05) is 65.3 Å². The van der Waals surface area contributed by atoms with E-state index in [9.17, 15) is 4.79 Å². The van der Waals surface area contributed by atoms with Gasteiger partial charge in [-0.1, -0.05) is 6.92 Å². The van der Waals surface area contributed by atoms with Crippen LogP contribution in [0.25, 0.3) is 33.2 Å². The van der Waals surface area contributed by atoms with Crippen molar-refractivity contribution in [2.45, 2.75) is 46.3 Å². The van der Waals surface area contributed by atoms with Gasteiger partial charge >= 0.3 is 6.09 Å². The Bertz CT molecular complexity index is 1530. The standard InChI is InChI=1S/C29H36N6O4/c1-17-13-35(15-24(17)32-28(36)39-29(3,4)5)21-10-19-8-9-23(31-27(19)30-12-21)22-11-20-14-34(6)33-25(20)18(2)26(22)38-16-37-7/h8-12,14,17,24H,13,15-16H2,1-7H3,(H,32,36)/t17-,24-/m0/s1. The predicted molar refractivity (Wildman–Crippen MR) is 151 cm³/mol. The SMILES string of the molecule is COCOc1c(-c2ccc3cc(N4C[C@H](NC(=O)OC(C)(C)C)[C@@H](C)C4)cnc3n2)cc2cn(C)nc2c1C. The number of benzene rings is 1. The van der Waals surface area contributed by atoms with Crippen LogP contribution in [-0.2, 0) is 16.5 Å². The molecule has 0 spiro atoms. The Morgan fingerprint density at radius 2 is 1.97 bits per heavy atom. The lowest BCUT2D eigenvalue weighted by molar-refractivity contribution is 0.0498. The highest BCUT2D eigenvalue weighted by Crippen LogP contribution is 2.38. The van der Waals surface area contributed by atoms with E-state index in [-0.39, 0.29) is 24.8 Å². The van der Waals surface area contributed by atoms with E-state index < -0.39 is 5.60 Å². The third-order valence-corrected chi connectivity index (χ3v) is 6.90. The summed E-state index contributed by atoms with van der Waals surface area (Å²) in [5, 5.41) is 9.56. The molecule has 39 heavy (non-hydrogen) atoms. The van der Waals surface area contributed by atoms with Crippen LogP contribution in [0.15, 0.2) is 36.7 Å². The van der Waals surface area contributed by atoms with Gasteiger partial charge < -0.3 is 24.4 Å². The van der Waals surface area contributed by atoms with Crippen molar-refractivity contribution < 1.29 is 19.0 Å². The maximum absolute atomic E-state index is 12.3. The van der Waals surface area contributed by atoms with E-state index in [4.69, 9.17) is 24.2 Å². The summed E-state index contributed by atoms with van der Waals surface area (Å²) in [4.78, 5) is 24.1. The van der Waals surface area contributed by atoms with Crippen molar-refractivity contribution in [2.24, 2.45) is 13.0 Å². The number of hydrogen-bond donors (Lipinski definition) is 1. The number of amides is 1. The summed E-state index contributed by atoms with van der Waals surface area (Å²) in [7, 11) is 3.50. The summed E-state index contributed by atoms with van der Waals surface area (Å²) in [6.45, 7) is 11.3. The molecular weight excluding hydrogens is 496 g/mol. The number of ether oxygens (including phenoxy) is 3. The Kier molecular flexibility index (Phi) is 7.07. The quantitative estimate of drug-likeness (QED) is 0.353. The Morgan fingerprint density at radius 3 is 2.72 bits per heavy atom. The van der Waals surface area contributed by atoms with Crippen molar-refractivity contribution in [3.05, 3.63) is 42.2 Å². The zero-order valence-electron chi connectivity index (χ0n) is 23.6. The smallest absolute Gasteiger partial charge is 0.407 e. The number of anilines is 1.